The van der Waals surface area contributed by atoms with Gasteiger partial charge in [-0.25, -0.2) is 15.0 Å². The first-order valence-corrected chi connectivity index (χ1v) is 9.36. The minimum absolute atomic E-state index is 0.0419. The van der Waals surface area contributed by atoms with Crippen LogP contribution in [0.15, 0.2) is 24.8 Å². The van der Waals surface area contributed by atoms with Gasteiger partial charge in [-0.3, -0.25) is 9.78 Å². The zero-order valence-corrected chi connectivity index (χ0v) is 14.8. The molecule has 1 aliphatic carbocycles. The highest BCUT2D eigenvalue weighted by atomic mass is 16.2. The van der Waals surface area contributed by atoms with Crippen LogP contribution in [0.5, 0.6) is 0 Å². The van der Waals surface area contributed by atoms with Gasteiger partial charge in [0.25, 0.3) is 5.91 Å². The molecule has 2 N–H and O–H groups in total. The Morgan fingerprint density at radius 1 is 1.00 bits per heavy atom. The number of nitrogen functional groups attached to an aromatic ring is 1. The second-order valence-corrected chi connectivity index (χ2v) is 7.33. The highest BCUT2D eigenvalue weighted by Crippen LogP contribution is 2.37. The van der Waals surface area contributed by atoms with Gasteiger partial charge in [-0.1, -0.05) is 0 Å². The molecule has 7 nitrogen and oxygen atoms in total. The van der Waals surface area contributed by atoms with Gasteiger partial charge in [-0.15, -0.1) is 0 Å². The van der Waals surface area contributed by atoms with Crippen molar-refractivity contribution in [2.45, 2.75) is 44.4 Å². The molecule has 4 rings (SSSR count). The number of aromatic nitrogens is 4. The Labute approximate surface area is 153 Å². The SMILES string of the molecule is Nc1cnc(C[C@H]2CCCN(C(=O)c3cnc(C4CC4)nc3)CC2)cn1. The monoisotopic (exact) mass is 352 g/mol. The molecule has 0 bridgehead atoms. The summed E-state index contributed by atoms with van der Waals surface area (Å²) in [5.74, 6) is 2.39. The molecule has 2 aliphatic rings. The van der Waals surface area contributed by atoms with Gasteiger partial charge >= 0.3 is 0 Å². The fourth-order valence-electron chi connectivity index (χ4n) is 3.52. The lowest BCUT2D eigenvalue weighted by atomic mass is 9.95. The maximum Gasteiger partial charge on any atom is 0.256 e. The van der Waals surface area contributed by atoms with E-state index in [0.717, 1.165) is 50.3 Å². The Morgan fingerprint density at radius 3 is 2.50 bits per heavy atom. The van der Waals surface area contributed by atoms with Crippen molar-refractivity contribution in [1.82, 2.24) is 24.8 Å². The standard InChI is InChI=1S/C19H24N6O/c20-17-12-21-16(11-22-17)8-13-2-1-6-25(7-5-13)19(26)15-9-23-18(24-10-15)14-3-4-14/h9-14H,1-8H2,(H2,20,22)/t13-/m0/s1. The maximum absolute atomic E-state index is 12.8. The molecule has 26 heavy (non-hydrogen) atoms. The molecule has 7 heteroatoms. The number of carbonyl (C=O) groups is 1. The van der Waals surface area contributed by atoms with Crippen LogP contribution in [0, 0.1) is 5.92 Å². The Balaban J connectivity index is 1.35. The van der Waals surface area contributed by atoms with Crippen LogP contribution in [-0.4, -0.2) is 43.8 Å². The first kappa shape index (κ1) is 16.9. The van der Waals surface area contributed by atoms with E-state index in [1.807, 2.05) is 4.90 Å². The summed E-state index contributed by atoms with van der Waals surface area (Å²) in [7, 11) is 0. The Hall–Kier alpha value is -2.57. The number of nitrogens with two attached hydrogens (primary N) is 1. The lowest BCUT2D eigenvalue weighted by Crippen LogP contribution is -2.32. The molecular weight excluding hydrogens is 328 g/mol. The summed E-state index contributed by atoms with van der Waals surface area (Å²) in [5.41, 5.74) is 7.15. The van der Waals surface area contributed by atoms with Crippen LogP contribution in [0.4, 0.5) is 5.82 Å². The van der Waals surface area contributed by atoms with Gasteiger partial charge in [-0.2, -0.15) is 0 Å². The van der Waals surface area contributed by atoms with Crippen LogP contribution in [0.2, 0.25) is 0 Å². The molecule has 1 aliphatic heterocycles. The Morgan fingerprint density at radius 2 is 1.81 bits per heavy atom. The number of carbonyl (C=O) groups excluding carboxylic acids is 1. The molecule has 1 saturated heterocycles. The van der Waals surface area contributed by atoms with Crippen molar-refractivity contribution in [1.29, 1.82) is 0 Å². The van der Waals surface area contributed by atoms with Crippen molar-refractivity contribution < 1.29 is 4.79 Å². The van der Waals surface area contributed by atoms with Gasteiger partial charge < -0.3 is 10.6 Å². The first-order valence-electron chi connectivity index (χ1n) is 9.36. The number of amides is 1. The number of hydrogen-bond donors (Lipinski definition) is 1. The predicted molar refractivity (Wildman–Crippen MR) is 97.4 cm³/mol. The topological polar surface area (TPSA) is 97.9 Å². The third kappa shape index (κ3) is 3.98. The summed E-state index contributed by atoms with van der Waals surface area (Å²) in [6.45, 7) is 1.55. The molecule has 0 spiro atoms. The summed E-state index contributed by atoms with van der Waals surface area (Å²) < 4.78 is 0. The second-order valence-electron chi connectivity index (χ2n) is 7.33. The zero-order chi connectivity index (χ0) is 17.9. The molecule has 0 radical (unpaired) electrons. The molecule has 2 aromatic heterocycles. The molecule has 0 aromatic carbocycles. The molecule has 2 fully saturated rings. The minimum Gasteiger partial charge on any atom is -0.382 e. The number of anilines is 1. The van der Waals surface area contributed by atoms with Gasteiger partial charge in [-0.05, 0) is 44.4 Å². The van der Waals surface area contributed by atoms with E-state index in [9.17, 15) is 4.79 Å². The van der Waals surface area contributed by atoms with Crippen molar-refractivity contribution in [2.75, 3.05) is 18.8 Å². The lowest BCUT2D eigenvalue weighted by Gasteiger charge is -2.20. The molecule has 1 saturated carbocycles. The molecule has 1 atom stereocenters. The smallest absolute Gasteiger partial charge is 0.256 e. The fraction of sp³-hybridized carbons (Fsp3) is 0.526. The van der Waals surface area contributed by atoms with Crippen LogP contribution in [-0.2, 0) is 6.42 Å². The van der Waals surface area contributed by atoms with Crippen molar-refractivity contribution in [3.05, 3.63) is 41.9 Å². The van der Waals surface area contributed by atoms with Gasteiger partial charge in [0.15, 0.2) is 0 Å². The van der Waals surface area contributed by atoms with Crippen LogP contribution in [0.1, 0.15) is 59.9 Å². The highest BCUT2D eigenvalue weighted by Gasteiger charge is 2.27. The molecule has 2 aromatic rings. The van der Waals surface area contributed by atoms with Crippen LogP contribution >= 0.6 is 0 Å². The Kier molecular flexibility index (Phi) is 4.77. The highest BCUT2D eigenvalue weighted by molar-refractivity contribution is 5.93. The third-order valence-electron chi connectivity index (χ3n) is 5.22. The molecular formula is C19H24N6O. The van der Waals surface area contributed by atoms with E-state index >= 15 is 0 Å². The van der Waals surface area contributed by atoms with Crippen molar-refractivity contribution in [3.8, 4) is 0 Å². The van der Waals surface area contributed by atoms with Gasteiger partial charge in [0, 0.05) is 31.4 Å². The van der Waals surface area contributed by atoms with Gasteiger partial charge in [0.2, 0.25) is 0 Å². The molecule has 1 amide bonds. The first-order chi connectivity index (χ1) is 12.7. The summed E-state index contributed by atoms with van der Waals surface area (Å²) in [6.07, 6.45) is 13.0. The van der Waals surface area contributed by atoms with Crippen LogP contribution in [0.25, 0.3) is 0 Å². The minimum atomic E-state index is 0.0419. The largest absolute Gasteiger partial charge is 0.382 e. The summed E-state index contributed by atoms with van der Waals surface area (Å²) in [6, 6.07) is 0. The van der Waals surface area contributed by atoms with E-state index < -0.39 is 0 Å². The number of likely N-dealkylation sites (tertiary alicyclic amines) is 1. The van der Waals surface area contributed by atoms with Crippen LogP contribution < -0.4 is 5.73 Å². The van der Waals surface area contributed by atoms with Crippen molar-refractivity contribution in [2.24, 2.45) is 5.92 Å². The zero-order valence-electron chi connectivity index (χ0n) is 14.8. The van der Waals surface area contributed by atoms with Crippen LogP contribution in [0.3, 0.4) is 0 Å². The number of hydrogen-bond acceptors (Lipinski definition) is 6. The van der Waals surface area contributed by atoms with E-state index in [2.05, 4.69) is 19.9 Å². The predicted octanol–water partition coefficient (Wildman–Crippen LogP) is 2.21. The fourth-order valence-corrected chi connectivity index (χ4v) is 3.52. The van der Waals surface area contributed by atoms with Gasteiger partial charge in [0.1, 0.15) is 11.6 Å². The molecule has 136 valence electrons. The summed E-state index contributed by atoms with van der Waals surface area (Å²) in [5, 5.41) is 0. The lowest BCUT2D eigenvalue weighted by molar-refractivity contribution is 0.0759. The Bertz CT molecular complexity index is 757. The van der Waals surface area contributed by atoms with E-state index in [1.165, 1.54) is 12.8 Å². The quantitative estimate of drug-likeness (QED) is 0.906. The average Bonchev–Trinajstić information content (AvgIpc) is 3.51. The number of rotatable bonds is 4. The van der Waals surface area contributed by atoms with E-state index in [0.29, 0.717) is 23.2 Å². The molecule has 0 unspecified atom stereocenters. The number of nitrogens with zero attached hydrogens (tertiary/aromatic N) is 5. The van der Waals surface area contributed by atoms with E-state index in [4.69, 9.17) is 5.73 Å². The normalized spacial score (nSPS) is 20.6. The third-order valence-corrected chi connectivity index (χ3v) is 5.22. The summed E-state index contributed by atoms with van der Waals surface area (Å²) in [4.78, 5) is 31.9. The second kappa shape index (κ2) is 7.35. The van der Waals surface area contributed by atoms with E-state index in [-0.39, 0.29) is 5.91 Å². The summed E-state index contributed by atoms with van der Waals surface area (Å²) >= 11 is 0. The molecule has 3 heterocycles. The van der Waals surface area contributed by atoms with Gasteiger partial charge in [0.05, 0.1) is 23.7 Å². The van der Waals surface area contributed by atoms with Crippen molar-refractivity contribution in [3.63, 3.8) is 0 Å². The van der Waals surface area contributed by atoms with E-state index in [1.54, 1.807) is 24.8 Å². The average molecular weight is 352 g/mol. The maximum atomic E-state index is 12.8. The van der Waals surface area contributed by atoms with Crippen molar-refractivity contribution >= 4 is 11.7 Å².